The van der Waals surface area contributed by atoms with Crippen LogP contribution in [0.4, 0.5) is 0 Å². The van der Waals surface area contributed by atoms with Crippen molar-refractivity contribution in [3.63, 3.8) is 0 Å². The molecular formula is C13H18Br2N2. The standard InChI is InChI=1S/C13H18Br2N2/c1-9-3-2-6-17(9)13(8-16)10-4-5-11(14)12(15)7-10/h4-5,7,9,13H,2-3,6,8,16H2,1H3. The largest absolute Gasteiger partial charge is 0.329 e. The molecule has 94 valence electrons. The van der Waals surface area contributed by atoms with Gasteiger partial charge >= 0.3 is 0 Å². The van der Waals surface area contributed by atoms with Crippen molar-refractivity contribution in [2.75, 3.05) is 13.1 Å². The number of hydrogen-bond donors (Lipinski definition) is 1. The average Bonchev–Trinajstić information content (AvgIpc) is 2.71. The van der Waals surface area contributed by atoms with Crippen LogP contribution in [-0.4, -0.2) is 24.0 Å². The summed E-state index contributed by atoms with van der Waals surface area (Å²) in [4.78, 5) is 2.52. The fourth-order valence-electron chi connectivity index (χ4n) is 2.60. The van der Waals surface area contributed by atoms with Gasteiger partial charge in [-0.3, -0.25) is 4.90 Å². The van der Waals surface area contributed by atoms with Gasteiger partial charge in [0.05, 0.1) is 0 Å². The van der Waals surface area contributed by atoms with E-state index < -0.39 is 0 Å². The molecule has 2 N–H and O–H groups in total. The summed E-state index contributed by atoms with van der Waals surface area (Å²) in [7, 11) is 0. The molecule has 1 aliphatic rings. The molecule has 1 aliphatic heterocycles. The predicted molar refractivity (Wildman–Crippen MR) is 79.0 cm³/mol. The zero-order chi connectivity index (χ0) is 12.4. The fourth-order valence-corrected chi connectivity index (χ4v) is 3.24. The van der Waals surface area contributed by atoms with Crippen LogP contribution in [0.5, 0.6) is 0 Å². The third kappa shape index (κ3) is 2.92. The molecule has 2 atom stereocenters. The van der Waals surface area contributed by atoms with Crippen molar-refractivity contribution < 1.29 is 0 Å². The molecule has 0 saturated carbocycles. The minimum Gasteiger partial charge on any atom is -0.329 e. The Bertz CT molecular complexity index is 395. The molecule has 1 aromatic carbocycles. The highest BCUT2D eigenvalue weighted by atomic mass is 79.9. The summed E-state index contributed by atoms with van der Waals surface area (Å²) in [6.45, 7) is 4.14. The number of benzene rings is 1. The van der Waals surface area contributed by atoms with E-state index >= 15 is 0 Å². The van der Waals surface area contributed by atoms with E-state index in [9.17, 15) is 0 Å². The van der Waals surface area contributed by atoms with Crippen molar-refractivity contribution >= 4 is 31.9 Å². The lowest BCUT2D eigenvalue weighted by Crippen LogP contribution is -2.35. The van der Waals surface area contributed by atoms with Gasteiger partial charge in [-0.15, -0.1) is 0 Å². The van der Waals surface area contributed by atoms with Crippen molar-refractivity contribution in [2.45, 2.75) is 31.8 Å². The third-order valence-corrected chi connectivity index (χ3v) is 5.44. The molecule has 1 saturated heterocycles. The molecule has 1 aromatic rings. The molecule has 2 unspecified atom stereocenters. The average molecular weight is 362 g/mol. The molecule has 1 fully saturated rings. The Morgan fingerprint density at radius 1 is 1.41 bits per heavy atom. The molecule has 0 aromatic heterocycles. The molecule has 2 rings (SSSR count). The second-order valence-corrected chi connectivity index (χ2v) is 6.36. The summed E-state index contributed by atoms with van der Waals surface area (Å²) in [5.74, 6) is 0. The van der Waals surface area contributed by atoms with E-state index in [1.807, 2.05) is 0 Å². The highest BCUT2D eigenvalue weighted by molar-refractivity contribution is 9.13. The summed E-state index contributed by atoms with van der Waals surface area (Å²) in [5, 5.41) is 0. The smallest absolute Gasteiger partial charge is 0.0473 e. The topological polar surface area (TPSA) is 29.3 Å². The lowest BCUT2D eigenvalue weighted by atomic mass is 10.0. The number of rotatable bonds is 3. The van der Waals surface area contributed by atoms with Crippen LogP contribution in [-0.2, 0) is 0 Å². The molecular weight excluding hydrogens is 344 g/mol. The van der Waals surface area contributed by atoms with Crippen LogP contribution in [0.3, 0.4) is 0 Å². The molecule has 0 amide bonds. The number of likely N-dealkylation sites (tertiary alicyclic amines) is 1. The van der Waals surface area contributed by atoms with Crippen molar-refractivity contribution in [1.29, 1.82) is 0 Å². The van der Waals surface area contributed by atoms with E-state index in [-0.39, 0.29) is 0 Å². The van der Waals surface area contributed by atoms with Crippen LogP contribution in [0.15, 0.2) is 27.1 Å². The number of hydrogen-bond acceptors (Lipinski definition) is 2. The molecule has 17 heavy (non-hydrogen) atoms. The van der Waals surface area contributed by atoms with E-state index in [0.29, 0.717) is 18.6 Å². The van der Waals surface area contributed by atoms with Gasteiger partial charge in [-0.1, -0.05) is 6.07 Å². The van der Waals surface area contributed by atoms with E-state index in [0.717, 1.165) is 15.5 Å². The van der Waals surface area contributed by atoms with Gasteiger partial charge in [0.1, 0.15) is 0 Å². The summed E-state index contributed by atoms with van der Waals surface area (Å²) < 4.78 is 2.19. The minimum absolute atomic E-state index is 0.344. The molecule has 1 heterocycles. The van der Waals surface area contributed by atoms with Crippen LogP contribution in [0.2, 0.25) is 0 Å². The van der Waals surface area contributed by atoms with Crippen LogP contribution < -0.4 is 5.73 Å². The van der Waals surface area contributed by atoms with Gasteiger partial charge in [0.2, 0.25) is 0 Å². The quantitative estimate of drug-likeness (QED) is 0.889. The highest BCUT2D eigenvalue weighted by Gasteiger charge is 2.27. The molecule has 4 heteroatoms. The first kappa shape index (κ1) is 13.5. The number of nitrogens with zero attached hydrogens (tertiary/aromatic N) is 1. The zero-order valence-electron chi connectivity index (χ0n) is 10.00. The first-order chi connectivity index (χ1) is 8.13. The van der Waals surface area contributed by atoms with E-state index in [4.69, 9.17) is 5.73 Å². The van der Waals surface area contributed by atoms with E-state index in [1.54, 1.807) is 0 Å². The first-order valence-corrected chi connectivity index (χ1v) is 7.63. The maximum absolute atomic E-state index is 5.97. The highest BCUT2D eigenvalue weighted by Crippen LogP contribution is 2.32. The van der Waals surface area contributed by atoms with Gasteiger partial charge in [-0.2, -0.15) is 0 Å². The normalized spacial score (nSPS) is 22.9. The van der Waals surface area contributed by atoms with Gasteiger partial charge in [0.25, 0.3) is 0 Å². The lowest BCUT2D eigenvalue weighted by Gasteiger charge is -2.31. The van der Waals surface area contributed by atoms with Crippen molar-refractivity contribution in [3.05, 3.63) is 32.7 Å². The zero-order valence-corrected chi connectivity index (χ0v) is 13.2. The van der Waals surface area contributed by atoms with Gasteiger partial charge in [0.15, 0.2) is 0 Å². The predicted octanol–water partition coefficient (Wildman–Crippen LogP) is 3.70. The molecule has 0 radical (unpaired) electrons. The minimum atomic E-state index is 0.344. The lowest BCUT2D eigenvalue weighted by molar-refractivity contribution is 0.195. The van der Waals surface area contributed by atoms with Crippen LogP contribution >= 0.6 is 31.9 Å². The Morgan fingerprint density at radius 3 is 2.71 bits per heavy atom. The van der Waals surface area contributed by atoms with Gasteiger partial charge in [-0.25, -0.2) is 0 Å². The summed E-state index contributed by atoms with van der Waals surface area (Å²) in [5.41, 5.74) is 7.27. The molecule has 2 nitrogen and oxygen atoms in total. The van der Waals surface area contributed by atoms with E-state index in [2.05, 4.69) is 61.9 Å². The Morgan fingerprint density at radius 2 is 2.18 bits per heavy atom. The van der Waals surface area contributed by atoms with Gasteiger partial charge < -0.3 is 5.73 Å². The monoisotopic (exact) mass is 360 g/mol. The third-order valence-electron chi connectivity index (χ3n) is 3.56. The Labute approximate surface area is 120 Å². The maximum Gasteiger partial charge on any atom is 0.0473 e. The van der Waals surface area contributed by atoms with Crippen LogP contribution in [0.1, 0.15) is 31.4 Å². The maximum atomic E-state index is 5.97. The summed E-state index contributed by atoms with van der Waals surface area (Å²) >= 11 is 7.07. The Hall–Kier alpha value is 0.1000. The Kier molecular flexibility index (Phi) is 4.64. The SMILES string of the molecule is CC1CCCN1C(CN)c1ccc(Br)c(Br)c1. The summed E-state index contributed by atoms with van der Waals surface area (Å²) in [6.07, 6.45) is 2.57. The molecule has 0 spiro atoms. The number of halogens is 2. The van der Waals surface area contributed by atoms with Crippen LogP contribution in [0, 0.1) is 0 Å². The molecule has 0 aliphatic carbocycles. The van der Waals surface area contributed by atoms with Crippen molar-refractivity contribution in [1.82, 2.24) is 4.90 Å². The first-order valence-electron chi connectivity index (χ1n) is 6.04. The second kappa shape index (κ2) is 5.83. The van der Waals surface area contributed by atoms with Gasteiger partial charge in [0, 0.05) is 27.6 Å². The fraction of sp³-hybridized carbons (Fsp3) is 0.538. The Balaban J connectivity index is 2.25. The second-order valence-electron chi connectivity index (χ2n) is 4.65. The van der Waals surface area contributed by atoms with Crippen molar-refractivity contribution in [3.8, 4) is 0 Å². The number of nitrogens with two attached hydrogens (primary N) is 1. The van der Waals surface area contributed by atoms with Crippen LogP contribution in [0.25, 0.3) is 0 Å². The van der Waals surface area contributed by atoms with E-state index in [1.165, 1.54) is 18.4 Å². The molecule has 0 bridgehead atoms. The van der Waals surface area contributed by atoms with Crippen molar-refractivity contribution in [2.24, 2.45) is 5.73 Å². The summed E-state index contributed by atoms with van der Waals surface area (Å²) in [6, 6.07) is 7.41. The van der Waals surface area contributed by atoms with Gasteiger partial charge in [-0.05, 0) is 75.9 Å².